The fourth-order valence-corrected chi connectivity index (χ4v) is 4.19. The highest BCUT2D eigenvalue weighted by Crippen LogP contribution is 2.20. The van der Waals surface area contributed by atoms with Crippen molar-refractivity contribution in [1.82, 2.24) is 10.2 Å². The van der Waals surface area contributed by atoms with Gasteiger partial charge in [0.1, 0.15) is 12.6 Å². The van der Waals surface area contributed by atoms with Gasteiger partial charge in [-0.15, -0.1) is 0 Å². The Morgan fingerprint density at radius 1 is 1.13 bits per heavy atom. The molecule has 1 atom stereocenters. The number of halogens is 1. The zero-order valence-corrected chi connectivity index (χ0v) is 20.5. The lowest BCUT2D eigenvalue weighted by Crippen LogP contribution is -2.51. The second-order valence-electron chi connectivity index (χ2n) is 7.33. The van der Waals surface area contributed by atoms with Crippen LogP contribution in [0.25, 0.3) is 0 Å². The van der Waals surface area contributed by atoms with Crippen LogP contribution in [0.5, 0.6) is 0 Å². The number of anilines is 1. The molecule has 0 unspecified atom stereocenters. The molecule has 0 radical (unpaired) electrons. The SMILES string of the molecule is CCNC(=O)[C@H](C)N(Cc1ccc(Br)cc1)C(=O)CN(c1cccc(C)c1)S(C)(=O)=O. The van der Waals surface area contributed by atoms with Crippen molar-refractivity contribution in [3.8, 4) is 0 Å². The molecule has 0 saturated carbocycles. The fourth-order valence-electron chi connectivity index (χ4n) is 3.09. The zero-order chi connectivity index (χ0) is 23.2. The molecule has 0 fully saturated rings. The Morgan fingerprint density at radius 3 is 2.32 bits per heavy atom. The normalized spacial score (nSPS) is 12.2. The molecule has 0 aliphatic rings. The van der Waals surface area contributed by atoms with Gasteiger partial charge in [-0.3, -0.25) is 13.9 Å². The second-order valence-corrected chi connectivity index (χ2v) is 10.1. The number of benzene rings is 2. The smallest absolute Gasteiger partial charge is 0.244 e. The summed E-state index contributed by atoms with van der Waals surface area (Å²) in [4.78, 5) is 27.2. The third kappa shape index (κ3) is 7.07. The minimum absolute atomic E-state index is 0.176. The molecule has 2 aromatic rings. The molecule has 0 spiro atoms. The third-order valence-corrected chi connectivity index (χ3v) is 6.42. The predicted octanol–water partition coefficient (Wildman–Crippen LogP) is 3.08. The van der Waals surface area contributed by atoms with E-state index in [2.05, 4.69) is 21.2 Å². The van der Waals surface area contributed by atoms with Crippen molar-refractivity contribution in [2.24, 2.45) is 0 Å². The van der Waals surface area contributed by atoms with E-state index in [1.54, 1.807) is 32.0 Å². The number of sulfonamides is 1. The van der Waals surface area contributed by atoms with Crippen molar-refractivity contribution in [2.75, 3.05) is 23.7 Å². The molecule has 0 heterocycles. The number of aryl methyl sites for hydroxylation is 1. The van der Waals surface area contributed by atoms with E-state index < -0.39 is 28.5 Å². The number of carbonyl (C=O) groups excluding carboxylic acids is 2. The van der Waals surface area contributed by atoms with Gasteiger partial charge in [-0.1, -0.05) is 40.2 Å². The van der Waals surface area contributed by atoms with E-state index in [-0.39, 0.29) is 12.5 Å². The second kappa shape index (κ2) is 10.8. The average Bonchev–Trinajstić information content (AvgIpc) is 2.70. The van der Waals surface area contributed by atoms with Crippen molar-refractivity contribution in [2.45, 2.75) is 33.4 Å². The lowest BCUT2D eigenvalue weighted by molar-refractivity contribution is -0.139. The standard InChI is InChI=1S/C22H28BrN3O4S/c1-5-24-22(28)17(3)25(14-18-9-11-19(23)12-10-18)21(27)15-26(31(4,29)30)20-8-6-7-16(2)13-20/h6-13,17H,5,14-15H2,1-4H3,(H,24,28)/t17-/m0/s1. The summed E-state index contributed by atoms with van der Waals surface area (Å²) in [5.41, 5.74) is 2.11. The number of nitrogens with zero attached hydrogens (tertiary/aromatic N) is 2. The van der Waals surface area contributed by atoms with Gasteiger partial charge in [0.2, 0.25) is 21.8 Å². The summed E-state index contributed by atoms with van der Waals surface area (Å²) in [5.74, 6) is -0.761. The Labute approximate surface area is 192 Å². The highest BCUT2D eigenvalue weighted by atomic mass is 79.9. The predicted molar refractivity (Wildman–Crippen MR) is 126 cm³/mol. The van der Waals surface area contributed by atoms with Crippen LogP contribution in [0.2, 0.25) is 0 Å². The summed E-state index contributed by atoms with van der Waals surface area (Å²) in [6.45, 7) is 5.50. The Hall–Kier alpha value is -2.39. The molecular formula is C22H28BrN3O4S. The Kier molecular flexibility index (Phi) is 8.64. The van der Waals surface area contributed by atoms with Gasteiger partial charge in [0.15, 0.2) is 0 Å². The third-order valence-electron chi connectivity index (χ3n) is 4.75. The first-order chi connectivity index (χ1) is 14.5. The van der Waals surface area contributed by atoms with Gasteiger partial charge in [0.25, 0.3) is 0 Å². The highest BCUT2D eigenvalue weighted by molar-refractivity contribution is 9.10. The van der Waals surface area contributed by atoms with Crippen molar-refractivity contribution in [3.05, 3.63) is 64.1 Å². The van der Waals surface area contributed by atoms with E-state index in [1.165, 1.54) is 4.90 Å². The lowest BCUT2D eigenvalue weighted by atomic mass is 10.1. The van der Waals surface area contributed by atoms with Gasteiger partial charge in [-0.25, -0.2) is 8.42 Å². The van der Waals surface area contributed by atoms with Crippen molar-refractivity contribution in [3.63, 3.8) is 0 Å². The van der Waals surface area contributed by atoms with Gasteiger partial charge < -0.3 is 10.2 Å². The number of carbonyl (C=O) groups is 2. The van der Waals surface area contributed by atoms with Crippen LogP contribution >= 0.6 is 15.9 Å². The number of hydrogen-bond donors (Lipinski definition) is 1. The monoisotopic (exact) mass is 509 g/mol. The molecule has 2 rings (SSSR count). The lowest BCUT2D eigenvalue weighted by Gasteiger charge is -2.31. The largest absolute Gasteiger partial charge is 0.355 e. The average molecular weight is 510 g/mol. The van der Waals surface area contributed by atoms with Crippen LogP contribution < -0.4 is 9.62 Å². The van der Waals surface area contributed by atoms with Gasteiger partial charge in [0, 0.05) is 17.6 Å². The molecular weight excluding hydrogens is 482 g/mol. The molecule has 0 bridgehead atoms. The van der Waals surface area contributed by atoms with E-state index in [9.17, 15) is 18.0 Å². The summed E-state index contributed by atoms with van der Waals surface area (Å²) in [6.07, 6.45) is 1.06. The quantitative estimate of drug-likeness (QED) is 0.562. The van der Waals surface area contributed by atoms with Crippen LogP contribution in [0.4, 0.5) is 5.69 Å². The molecule has 1 N–H and O–H groups in total. The van der Waals surface area contributed by atoms with E-state index in [0.717, 1.165) is 26.2 Å². The number of nitrogens with one attached hydrogen (secondary N) is 1. The van der Waals surface area contributed by atoms with Crippen LogP contribution in [-0.2, 0) is 26.2 Å². The summed E-state index contributed by atoms with van der Waals surface area (Å²) in [7, 11) is -3.72. The molecule has 9 heteroatoms. The Balaban J connectivity index is 2.37. The zero-order valence-electron chi connectivity index (χ0n) is 18.1. The van der Waals surface area contributed by atoms with Crippen molar-refractivity contribution < 1.29 is 18.0 Å². The molecule has 7 nitrogen and oxygen atoms in total. The van der Waals surface area contributed by atoms with Crippen LogP contribution in [0.1, 0.15) is 25.0 Å². The minimum atomic E-state index is -3.72. The maximum absolute atomic E-state index is 13.3. The number of likely N-dealkylation sites (N-methyl/N-ethyl adjacent to an activating group) is 1. The molecule has 31 heavy (non-hydrogen) atoms. The first kappa shape index (κ1) is 24.9. The molecule has 0 aromatic heterocycles. The fraction of sp³-hybridized carbons (Fsp3) is 0.364. The van der Waals surface area contributed by atoms with Gasteiger partial charge in [-0.05, 0) is 56.2 Å². The van der Waals surface area contributed by atoms with Crippen LogP contribution in [-0.4, -0.2) is 50.5 Å². The molecule has 0 aliphatic carbocycles. The molecule has 2 aromatic carbocycles. The van der Waals surface area contributed by atoms with Crippen LogP contribution in [0, 0.1) is 6.92 Å². The number of amides is 2. The van der Waals surface area contributed by atoms with E-state index in [4.69, 9.17) is 0 Å². The first-order valence-electron chi connectivity index (χ1n) is 9.89. The summed E-state index contributed by atoms with van der Waals surface area (Å²) in [5, 5.41) is 2.73. The van der Waals surface area contributed by atoms with Crippen LogP contribution in [0.3, 0.4) is 0 Å². The van der Waals surface area contributed by atoms with E-state index >= 15 is 0 Å². The van der Waals surface area contributed by atoms with Gasteiger partial charge in [0.05, 0.1) is 11.9 Å². The topological polar surface area (TPSA) is 86.8 Å². The summed E-state index contributed by atoms with van der Waals surface area (Å²) >= 11 is 3.38. The van der Waals surface area contributed by atoms with Crippen LogP contribution in [0.15, 0.2) is 53.0 Å². The number of hydrogen-bond acceptors (Lipinski definition) is 4. The highest BCUT2D eigenvalue weighted by Gasteiger charge is 2.29. The van der Waals surface area contributed by atoms with Crippen molar-refractivity contribution >= 4 is 43.5 Å². The van der Waals surface area contributed by atoms with Gasteiger partial charge >= 0.3 is 0 Å². The maximum atomic E-state index is 13.3. The molecule has 0 aliphatic heterocycles. The maximum Gasteiger partial charge on any atom is 0.244 e. The molecule has 2 amide bonds. The minimum Gasteiger partial charge on any atom is -0.355 e. The molecule has 168 valence electrons. The van der Waals surface area contributed by atoms with E-state index in [1.807, 2.05) is 37.3 Å². The summed E-state index contributed by atoms with van der Waals surface area (Å²) in [6, 6.07) is 13.6. The van der Waals surface area contributed by atoms with Crippen molar-refractivity contribution in [1.29, 1.82) is 0 Å². The number of rotatable bonds is 9. The first-order valence-corrected chi connectivity index (χ1v) is 12.5. The summed E-state index contributed by atoms with van der Waals surface area (Å²) < 4.78 is 26.9. The Morgan fingerprint density at radius 2 is 1.77 bits per heavy atom. The Bertz CT molecular complexity index is 1030. The molecule has 0 saturated heterocycles. The van der Waals surface area contributed by atoms with E-state index in [0.29, 0.717) is 12.2 Å². The van der Waals surface area contributed by atoms with Gasteiger partial charge in [-0.2, -0.15) is 0 Å².